The summed E-state index contributed by atoms with van der Waals surface area (Å²) in [6, 6.07) is 15.5. The van der Waals surface area contributed by atoms with Gasteiger partial charge in [-0.05, 0) is 68.0 Å². The fourth-order valence-corrected chi connectivity index (χ4v) is 4.25. The molecule has 1 aromatic heterocycles. The Labute approximate surface area is 194 Å². The highest BCUT2D eigenvalue weighted by atomic mass is 16.5. The number of carbonyl (C=O) groups is 1. The molecule has 1 saturated carbocycles. The second-order valence-corrected chi connectivity index (χ2v) is 8.71. The zero-order valence-electron chi connectivity index (χ0n) is 19.5. The van der Waals surface area contributed by atoms with Crippen LogP contribution < -0.4 is 25.6 Å². The Morgan fingerprint density at radius 3 is 2.45 bits per heavy atom. The standard InChI is InChI=1S/C25H32N6O2/c1-31(2)23-21-6-4-5-7-22(21)29-24(30-23)27-18-10-8-17(9-11-18)16-26-25(32)28-19-12-14-20(33-3)15-13-19/h4-7,12-15,17-18H,8-11,16H2,1-3H3,(H2,26,28,32)(H,27,29,30). The minimum Gasteiger partial charge on any atom is -0.497 e. The highest BCUT2D eigenvalue weighted by molar-refractivity contribution is 5.90. The van der Waals surface area contributed by atoms with Gasteiger partial charge in [-0.1, -0.05) is 12.1 Å². The lowest BCUT2D eigenvalue weighted by atomic mass is 9.86. The highest BCUT2D eigenvalue weighted by Gasteiger charge is 2.22. The molecule has 8 nitrogen and oxygen atoms in total. The minimum absolute atomic E-state index is 0.179. The number of ether oxygens (including phenoxy) is 1. The number of anilines is 3. The number of amides is 2. The van der Waals surface area contributed by atoms with Crippen LogP contribution in [0.5, 0.6) is 5.75 Å². The summed E-state index contributed by atoms with van der Waals surface area (Å²) >= 11 is 0. The van der Waals surface area contributed by atoms with Gasteiger partial charge >= 0.3 is 6.03 Å². The number of nitrogens with one attached hydrogen (secondary N) is 3. The largest absolute Gasteiger partial charge is 0.497 e. The zero-order chi connectivity index (χ0) is 23.2. The molecule has 1 heterocycles. The van der Waals surface area contributed by atoms with Gasteiger partial charge in [0.15, 0.2) is 0 Å². The van der Waals surface area contributed by atoms with Crippen LogP contribution in [0, 0.1) is 5.92 Å². The first-order valence-electron chi connectivity index (χ1n) is 11.4. The van der Waals surface area contributed by atoms with Crippen LogP contribution in [0.3, 0.4) is 0 Å². The predicted octanol–water partition coefficient (Wildman–Crippen LogP) is 4.50. The van der Waals surface area contributed by atoms with Crippen LogP contribution in [0.2, 0.25) is 0 Å². The van der Waals surface area contributed by atoms with Gasteiger partial charge in [-0.3, -0.25) is 0 Å². The van der Waals surface area contributed by atoms with E-state index in [2.05, 4.69) is 22.0 Å². The number of aromatic nitrogens is 2. The summed E-state index contributed by atoms with van der Waals surface area (Å²) in [4.78, 5) is 23.7. The van der Waals surface area contributed by atoms with Crippen molar-refractivity contribution in [3.05, 3.63) is 48.5 Å². The lowest BCUT2D eigenvalue weighted by molar-refractivity contribution is 0.246. The Morgan fingerprint density at radius 2 is 1.76 bits per heavy atom. The van der Waals surface area contributed by atoms with Crippen LogP contribution in [0.15, 0.2) is 48.5 Å². The Kier molecular flexibility index (Phi) is 7.12. The first kappa shape index (κ1) is 22.6. The predicted molar refractivity (Wildman–Crippen MR) is 133 cm³/mol. The van der Waals surface area contributed by atoms with Crippen molar-refractivity contribution in [3.8, 4) is 5.75 Å². The fraction of sp³-hybridized carbons (Fsp3) is 0.400. The van der Waals surface area contributed by atoms with Gasteiger partial charge in [0.05, 0.1) is 12.6 Å². The van der Waals surface area contributed by atoms with Gasteiger partial charge in [0, 0.05) is 37.8 Å². The number of fused-ring (bicyclic) bond motifs is 1. The van der Waals surface area contributed by atoms with Gasteiger partial charge in [-0.15, -0.1) is 0 Å². The van der Waals surface area contributed by atoms with Crippen molar-refractivity contribution < 1.29 is 9.53 Å². The zero-order valence-corrected chi connectivity index (χ0v) is 19.5. The third-order valence-corrected chi connectivity index (χ3v) is 6.09. The van der Waals surface area contributed by atoms with Crippen molar-refractivity contribution in [1.82, 2.24) is 15.3 Å². The Balaban J connectivity index is 1.25. The van der Waals surface area contributed by atoms with Crippen LogP contribution in [0.25, 0.3) is 10.9 Å². The van der Waals surface area contributed by atoms with Gasteiger partial charge in [-0.2, -0.15) is 4.98 Å². The molecule has 2 amide bonds. The molecular weight excluding hydrogens is 416 g/mol. The average molecular weight is 449 g/mol. The summed E-state index contributed by atoms with van der Waals surface area (Å²) in [7, 11) is 5.62. The quantitative estimate of drug-likeness (QED) is 0.493. The molecule has 4 rings (SSSR count). The number of urea groups is 1. The van der Waals surface area contributed by atoms with E-state index in [1.807, 2.05) is 61.5 Å². The van der Waals surface area contributed by atoms with Crippen molar-refractivity contribution in [2.24, 2.45) is 5.92 Å². The number of rotatable bonds is 7. The molecule has 1 aliphatic rings. The van der Waals surface area contributed by atoms with E-state index in [0.29, 0.717) is 24.5 Å². The molecule has 3 N–H and O–H groups in total. The molecule has 0 spiro atoms. The van der Waals surface area contributed by atoms with Crippen molar-refractivity contribution >= 4 is 34.4 Å². The van der Waals surface area contributed by atoms with E-state index < -0.39 is 0 Å². The van der Waals surface area contributed by atoms with E-state index in [-0.39, 0.29) is 6.03 Å². The van der Waals surface area contributed by atoms with E-state index in [4.69, 9.17) is 14.7 Å². The summed E-state index contributed by atoms with van der Waals surface area (Å²) in [5, 5.41) is 10.5. The third kappa shape index (κ3) is 5.83. The maximum Gasteiger partial charge on any atom is 0.319 e. The van der Waals surface area contributed by atoms with Crippen LogP contribution in [-0.4, -0.2) is 49.8 Å². The third-order valence-electron chi connectivity index (χ3n) is 6.09. The Morgan fingerprint density at radius 1 is 1.03 bits per heavy atom. The monoisotopic (exact) mass is 448 g/mol. The summed E-state index contributed by atoms with van der Waals surface area (Å²) in [6.07, 6.45) is 4.16. The molecule has 0 bridgehead atoms. The van der Waals surface area contributed by atoms with Crippen LogP contribution in [0.1, 0.15) is 25.7 Å². The molecule has 1 aliphatic carbocycles. The lowest BCUT2D eigenvalue weighted by Gasteiger charge is -2.29. The van der Waals surface area contributed by atoms with E-state index in [1.165, 1.54) is 0 Å². The van der Waals surface area contributed by atoms with Gasteiger partial charge in [0.2, 0.25) is 5.95 Å². The molecule has 0 radical (unpaired) electrons. The molecule has 2 aromatic carbocycles. The number of carbonyl (C=O) groups excluding carboxylic acids is 1. The van der Waals surface area contributed by atoms with Crippen LogP contribution in [0.4, 0.5) is 22.2 Å². The summed E-state index contributed by atoms with van der Waals surface area (Å²) in [5.74, 6) is 2.83. The van der Waals surface area contributed by atoms with Crippen molar-refractivity contribution in [1.29, 1.82) is 0 Å². The van der Waals surface area contributed by atoms with Gasteiger partial charge in [-0.25, -0.2) is 9.78 Å². The van der Waals surface area contributed by atoms with E-state index in [1.54, 1.807) is 7.11 Å². The molecule has 33 heavy (non-hydrogen) atoms. The Hall–Kier alpha value is -3.55. The molecule has 174 valence electrons. The SMILES string of the molecule is COc1ccc(NC(=O)NCC2CCC(Nc3nc(N(C)C)c4ccccc4n3)CC2)cc1. The molecule has 0 aliphatic heterocycles. The molecule has 0 saturated heterocycles. The van der Waals surface area contributed by atoms with Gasteiger partial charge < -0.3 is 25.6 Å². The normalized spacial score (nSPS) is 17.9. The summed E-state index contributed by atoms with van der Waals surface area (Å²) in [6.45, 7) is 0.673. The number of nitrogens with zero attached hydrogens (tertiary/aromatic N) is 3. The number of methoxy groups -OCH3 is 1. The average Bonchev–Trinajstić information content (AvgIpc) is 2.83. The smallest absolute Gasteiger partial charge is 0.319 e. The first-order chi connectivity index (χ1) is 16.0. The second kappa shape index (κ2) is 10.4. The first-order valence-corrected chi connectivity index (χ1v) is 11.4. The maximum atomic E-state index is 12.2. The van der Waals surface area contributed by atoms with Gasteiger partial charge in [0.25, 0.3) is 0 Å². The molecule has 0 atom stereocenters. The van der Waals surface area contributed by atoms with Gasteiger partial charge in [0.1, 0.15) is 11.6 Å². The fourth-order valence-electron chi connectivity index (χ4n) is 4.25. The number of hydrogen-bond acceptors (Lipinski definition) is 6. The number of benzene rings is 2. The van der Waals surface area contributed by atoms with Crippen molar-refractivity contribution in [3.63, 3.8) is 0 Å². The molecule has 8 heteroatoms. The van der Waals surface area contributed by atoms with E-state index in [0.717, 1.165) is 53.8 Å². The summed E-state index contributed by atoms with van der Waals surface area (Å²) in [5.41, 5.74) is 1.69. The Bertz CT molecular complexity index is 1080. The molecule has 1 fully saturated rings. The topological polar surface area (TPSA) is 91.4 Å². The second-order valence-electron chi connectivity index (χ2n) is 8.71. The minimum atomic E-state index is -0.179. The lowest BCUT2D eigenvalue weighted by Crippen LogP contribution is -2.36. The van der Waals surface area contributed by atoms with Crippen molar-refractivity contribution in [2.75, 3.05) is 43.3 Å². The van der Waals surface area contributed by atoms with Crippen LogP contribution >= 0.6 is 0 Å². The van der Waals surface area contributed by atoms with E-state index in [9.17, 15) is 4.79 Å². The van der Waals surface area contributed by atoms with Crippen LogP contribution in [-0.2, 0) is 0 Å². The van der Waals surface area contributed by atoms with E-state index >= 15 is 0 Å². The summed E-state index contributed by atoms with van der Waals surface area (Å²) < 4.78 is 5.14. The number of hydrogen-bond donors (Lipinski definition) is 3. The number of para-hydroxylation sites is 1. The molecule has 0 unspecified atom stereocenters. The van der Waals surface area contributed by atoms with Crippen molar-refractivity contribution in [2.45, 2.75) is 31.7 Å². The highest BCUT2D eigenvalue weighted by Crippen LogP contribution is 2.28. The maximum absolute atomic E-state index is 12.2. The molecular formula is C25H32N6O2. The molecule has 3 aromatic rings.